The number of primary sulfonamides is 1. The molecule has 0 spiro atoms. The van der Waals surface area contributed by atoms with Gasteiger partial charge < -0.3 is 5.11 Å². The van der Waals surface area contributed by atoms with Gasteiger partial charge in [0.25, 0.3) is 0 Å². The van der Waals surface area contributed by atoms with E-state index in [1.165, 1.54) is 6.07 Å². The molecule has 0 aliphatic carbocycles. The standard InChI is InChI=1S/C11H8Cl2FN3O3S/c12-6-1-5(2-7(14)3-6)11(21(15,19)20)10-8(18)4-9(13)16-17-10/h1-4,11H,(H,16,18)(H2,15,19,20). The number of hydrogen-bond donors (Lipinski definition) is 2. The maximum absolute atomic E-state index is 13.4. The highest BCUT2D eigenvalue weighted by molar-refractivity contribution is 7.89. The summed E-state index contributed by atoms with van der Waals surface area (Å²) in [6.07, 6.45) is 0. The Balaban J connectivity index is 2.70. The molecule has 0 saturated heterocycles. The van der Waals surface area contributed by atoms with Crippen molar-refractivity contribution in [3.63, 3.8) is 0 Å². The van der Waals surface area contributed by atoms with Crippen LogP contribution in [0.25, 0.3) is 0 Å². The third kappa shape index (κ3) is 3.59. The van der Waals surface area contributed by atoms with Crippen LogP contribution >= 0.6 is 23.2 Å². The fourth-order valence-corrected chi connectivity index (χ4v) is 3.15. The van der Waals surface area contributed by atoms with Crippen molar-refractivity contribution in [1.29, 1.82) is 0 Å². The first-order valence-corrected chi connectivity index (χ1v) is 7.74. The van der Waals surface area contributed by atoms with E-state index < -0.39 is 26.8 Å². The molecule has 1 aromatic heterocycles. The molecule has 21 heavy (non-hydrogen) atoms. The highest BCUT2D eigenvalue weighted by Crippen LogP contribution is 2.34. The summed E-state index contributed by atoms with van der Waals surface area (Å²) in [5, 5.41) is 20.1. The Morgan fingerprint density at radius 1 is 1.19 bits per heavy atom. The van der Waals surface area contributed by atoms with Gasteiger partial charge in [-0.2, -0.15) is 0 Å². The third-order valence-electron chi connectivity index (χ3n) is 2.54. The minimum Gasteiger partial charge on any atom is -0.506 e. The van der Waals surface area contributed by atoms with E-state index in [4.69, 9.17) is 28.3 Å². The van der Waals surface area contributed by atoms with Crippen LogP contribution < -0.4 is 5.14 Å². The quantitative estimate of drug-likeness (QED) is 0.879. The number of halogens is 3. The van der Waals surface area contributed by atoms with Crippen molar-refractivity contribution >= 4 is 33.2 Å². The number of aromatic hydroxyl groups is 1. The molecular weight excluding hydrogens is 344 g/mol. The Kier molecular flexibility index (Phi) is 4.33. The zero-order valence-corrected chi connectivity index (χ0v) is 12.5. The molecule has 0 saturated carbocycles. The molecular formula is C11H8Cl2FN3O3S. The van der Waals surface area contributed by atoms with E-state index in [2.05, 4.69) is 10.2 Å². The summed E-state index contributed by atoms with van der Waals surface area (Å²) < 4.78 is 37.0. The van der Waals surface area contributed by atoms with Gasteiger partial charge in [-0.15, -0.1) is 10.2 Å². The summed E-state index contributed by atoms with van der Waals surface area (Å²) >= 11 is 11.2. The number of rotatable bonds is 3. The lowest BCUT2D eigenvalue weighted by atomic mass is 10.1. The Labute approximate surface area is 129 Å². The summed E-state index contributed by atoms with van der Waals surface area (Å²) in [4.78, 5) is 0. The van der Waals surface area contributed by atoms with Crippen molar-refractivity contribution in [2.45, 2.75) is 5.25 Å². The molecule has 1 aromatic carbocycles. The number of hydrogen-bond acceptors (Lipinski definition) is 5. The largest absolute Gasteiger partial charge is 0.506 e. The van der Waals surface area contributed by atoms with Gasteiger partial charge in [0.2, 0.25) is 10.0 Å². The molecule has 0 fully saturated rings. The van der Waals surface area contributed by atoms with Gasteiger partial charge in [-0.1, -0.05) is 23.2 Å². The first kappa shape index (κ1) is 15.9. The maximum Gasteiger partial charge on any atom is 0.222 e. The van der Waals surface area contributed by atoms with Crippen molar-refractivity contribution in [2.24, 2.45) is 5.14 Å². The van der Waals surface area contributed by atoms with Crippen LogP contribution in [0, 0.1) is 5.82 Å². The van der Waals surface area contributed by atoms with Crippen LogP contribution in [0.3, 0.4) is 0 Å². The lowest BCUT2D eigenvalue weighted by molar-refractivity contribution is 0.460. The van der Waals surface area contributed by atoms with E-state index in [9.17, 15) is 17.9 Å². The van der Waals surface area contributed by atoms with Crippen LogP contribution in [0.1, 0.15) is 16.5 Å². The van der Waals surface area contributed by atoms with Crippen molar-refractivity contribution in [2.75, 3.05) is 0 Å². The summed E-state index contributed by atoms with van der Waals surface area (Å²) in [5.74, 6) is -1.29. The number of nitrogens with two attached hydrogens (primary N) is 1. The van der Waals surface area contributed by atoms with Gasteiger partial charge in [0.05, 0.1) is 0 Å². The Morgan fingerprint density at radius 2 is 1.86 bits per heavy atom. The zero-order valence-electron chi connectivity index (χ0n) is 10.2. The average molecular weight is 352 g/mol. The molecule has 2 rings (SSSR count). The molecule has 1 unspecified atom stereocenters. The number of nitrogens with zero attached hydrogens (tertiary/aromatic N) is 2. The van der Waals surface area contributed by atoms with Gasteiger partial charge in [-0.25, -0.2) is 17.9 Å². The molecule has 3 N–H and O–H groups in total. The van der Waals surface area contributed by atoms with E-state index >= 15 is 0 Å². The minimum atomic E-state index is -4.27. The van der Waals surface area contributed by atoms with E-state index in [0.717, 1.165) is 18.2 Å². The SMILES string of the molecule is NS(=O)(=O)C(c1cc(F)cc(Cl)c1)c1nnc(Cl)cc1O. The smallest absolute Gasteiger partial charge is 0.222 e. The second-order valence-electron chi connectivity index (χ2n) is 4.11. The van der Waals surface area contributed by atoms with Crippen molar-refractivity contribution in [3.05, 3.63) is 51.5 Å². The van der Waals surface area contributed by atoms with E-state index in [1.807, 2.05) is 0 Å². The molecule has 2 aromatic rings. The van der Waals surface area contributed by atoms with Crippen LogP contribution in [-0.2, 0) is 10.0 Å². The first-order chi connectivity index (χ1) is 9.68. The lowest BCUT2D eigenvalue weighted by Crippen LogP contribution is -2.24. The Morgan fingerprint density at radius 3 is 2.38 bits per heavy atom. The Bertz CT molecular complexity index is 781. The predicted octanol–water partition coefficient (Wildman–Crippen LogP) is 2.01. The van der Waals surface area contributed by atoms with Gasteiger partial charge in [0.1, 0.15) is 22.5 Å². The second kappa shape index (κ2) is 5.72. The van der Waals surface area contributed by atoms with Gasteiger partial charge >= 0.3 is 0 Å². The van der Waals surface area contributed by atoms with E-state index in [0.29, 0.717) is 0 Å². The highest BCUT2D eigenvalue weighted by Gasteiger charge is 2.31. The fraction of sp³-hybridized carbons (Fsp3) is 0.0909. The van der Waals surface area contributed by atoms with Crippen LogP contribution in [0.5, 0.6) is 5.75 Å². The molecule has 1 heterocycles. The molecule has 0 amide bonds. The van der Waals surface area contributed by atoms with Gasteiger partial charge in [0, 0.05) is 11.1 Å². The van der Waals surface area contributed by atoms with E-state index in [-0.39, 0.29) is 21.4 Å². The van der Waals surface area contributed by atoms with Crippen molar-refractivity contribution in [1.82, 2.24) is 10.2 Å². The number of benzene rings is 1. The summed E-state index contributed by atoms with van der Waals surface area (Å²) in [6.45, 7) is 0. The first-order valence-electron chi connectivity index (χ1n) is 5.38. The molecule has 10 heteroatoms. The van der Waals surface area contributed by atoms with Crippen LogP contribution in [0.15, 0.2) is 24.3 Å². The second-order valence-corrected chi connectivity index (χ2v) is 6.58. The van der Waals surface area contributed by atoms with Gasteiger partial charge in [-0.3, -0.25) is 0 Å². The van der Waals surface area contributed by atoms with E-state index in [1.54, 1.807) is 0 Å². The normalized spacial score (nSPS) is 13.1. The fourth-order valence-electron chi connectivity index (χ4n) is 1.78. The number of aromatic nitrogens is 2. The Hall–Kier alpha value is -1.48. The zero-order chi connectivity index (χ0) is 15.8. The highest BCUT2D eigenvalue weighted by atomic mass is 35.5. The lowest BCUT2D eigenvalue weighted by Gasteiger charge is -2.15. The average Bonchev–Trinajstić information content (AvgIpc) is 2.29. The van der Waals surface area contributed by atoms with Crippen LogP contribution in [-0.4, -0.2) is 23.7 Å². The molecule has 112 valence electrons. The third-order valence-corrected chi connectivity index (χ3v) is 4.09. The van der Waals surface area contributed by atoms with Gasteiger partial charge in [0.15, 0.2) is 5.15 Å². The topological polar surface area (TPSA) is 106 Å². The number of sulfonamides is 1. The van der Waals surface area contributed by atoms with Crippen LogP contribution in [0.4, 0.5) is 4.39 Å². The molecule has 0 radical (unpaired) electrons. The van der Waals surface area contributed by atoms with Crippen molar-refractivity contribution < 1.29 is 17.9 Å². The molecule has 0 bridgehead atoms. The maximum atomic E-state index is 13.4. The van der Waals surface area contributed by atoms with Crippen LogP contribution in [0.2, 0.25) is 10.2 Å². The summed E-state index contributed by atoms with van der Waals surface area (Å²) in [5.41, 5.74) is -0.460. The molecule has 1 atom stereocenters. The molecule has 6 nitrogen and oxygen atoms in total. The summed E-state index contributed by atoms with van der Waals surface area (Å²) in [6, 6.07) is 4.13. The van der Waals surface area contributed by atoms with Gasteiger partial charge in [-0.05, 0) is 23.8 Å². The summed E-state index contributed by atoms with van der Waals surface area (Å²) in [7, 11) is -4.27. The monoisotopic (exact) mass is 351 g/mol. The molecule has 0 aliphatic rings. The predicted molar refractivity (Wildman–Crippen MR) is 75.1 cm³/mol. The minimum absolute atomic E-state index is 0.0277. The molecule has 0 aliphatic heterocycles. The van der Waals surface area contributed by atoms with Crippen molar-refractivity contribution in [3.8, 4) is 5.75 Å².